The first kappa shape index (κ1) is 21.1. The molecule has 146 valence electrons. The Hall–Kier alpha value is -2.23. The van der Waals surface area contributed by atoms with Crippen LogP contribution in [-0.2, 0) is 19.6 Å². The first-order chi connectivity index (χ1) is 12.8. The molecule has 1 amide bonds. The predicted octanol–water partition coefficient (Wildman–Crippen LogP) is 2.88. The van der Waals surface area contributed by atoms with E-state index in [1.54, 1.807) is 50.4 Å². The maximum atomic E-state index is 12.7. The van der Waals surface area contributed by atoms with Gasteiger partial charge in [0.25, 0.3) is 5.91 Å². The normalized spacial score (nSPS) is 11.4. The van der Waals surface area contributed by atoms with Crippen molar-refractivity contribution >= 4 is 38.9 Å². The third-order valence-electron chi connectivity index (χ3n) is 3.85. The first-order valence-corrected chi connectivity index (χ1v) is 10.7. The van der Waals surface area contributed by atoms with E-state index in [9.17, 15) is 18.0 Å². The van der Waals surface area contributed by atoms with Crippen molar-refractivity contribution in [3.63, 3.8) is 0 Å². The summed E-state index contributed by atoms with van der Waals surface area (Å²) in [6.45, 7) is 5.49. The van der Waals surface area contributed by atoms with E-state index in [4.69, 9.17) is 4.74 Å². The molecular weight excluding hydrogens is 388 g/mol. The van der Waals surface area contributed by atoms with Gasteiger partial charge in [-0.25, -0.2) is 13.2 Å². The van der Waals surface area contributed by atoms with E-state index in [-0.39, 0.29) is 4.90 Å². The van der Waals surface area contributed by atoms with Gasteiger partial charge >= 0.3 is 5.97 Å². The van der Waals surface area contributed by atoms with Gasteiger partial charge in [-0.3, -0.25) is 4.79 Å². The number of aryl methyl sites for hydroxylation is 1. The number of ether oxygens (including phenoxy) is 1. The van der Waals surface area contributed by atoms with E-state index >= 15 is 0 Å². The zero-order valence-electron chi connectivity index (χ0n) is 15.4. The van der Waals surface area contributed by atoms with Crippen LogP contribution in [0, 0.1) is 6.92 Å². The van der Waals surface area contributed by atoms with Crippen molar-refractivity contribution in [1.82, 2.24) is 4.31 Å². The second kappa shape index (κ2) is 9.12. The molecule has 0 bridgehead atoms. The van der Waals surface area contributed by atoms with E-state index < -0.39 is 28.5 Å². The molecule has 0 atom stereocenters. The number of esters is 1. The van der Waals surface area contributed by atoms with E-state index in [0.717, 1.165) is 0 Å². The van der Waals surface area contributed by atoms with Gasteiger partial charge in [0, 0.05) is 18.8 Å². The van der Waals surface area contributed by atoms with E-state index in [2.05, 4.69) is 5.32 Å². The third kappa shape index (κ3) is 5.15. The van der Waals surface area contributed by atoms with Gasteiger partial charge in [-0.2, -0.15) is 4.31 Å². The molecule has 7 nitrogen and oxygen atoms in total. The molecule has 2 aromatic rings. The summed E-state index contributed by atoms with van der Waals surface area (Å²) >= 11 is 1.22. The second-order valence-corrected chi connectivity index (χ2v) is 8.53. The molecule has 27 heavy (non-hydrogen) atoms. The highest BCUT2D eigenvalue weighted by atomic mass is 32.2. The van der Waals surface area contributed by atoms with Gasteiger partial charge in [-0.05, 0) is 36.1 Å². The van der Waals surface area contributed by atoms with Gasteiger partial charge in [-0.15, -0.1) is 11.3 Å². The van der Waals surface area contributed by atoms with Crippen molar-refractivity contribution in [2.75, 3.05) is 25.0 Å². The fourth-order valence-electron chi connectivity index (χ4n) is 2.45. The summed E-state index contributed by atoms with van der Waals surface area (Å²) in [4.78, 5) is 24.3. The maximum Gasteiger partial charge on any atom is 0.348 e. The average Bonchev–Trinajstić information content (AvgIpc) is 3.16. The number of carbonyl (C=O) groups excluding carboxylic acids is 2. The lowest BCUT2D eigenvalue weighted by atomic mass is 10.2. The van der Waals surface area contributed by atoms with Crippen molar-refractivity contribution in [3.8, 4) is 0 Å². The molecule has 1 heterocycles. The van der Waals surface area contributed by atoms with Crippen molar-refractivity contribution in [3.05, 3.63) is 46.2 Å². The van der Waals surface area contributed by atoms with Gasteiger partial charge in [-0.1, -0.05) is 26.0 Å². The fourth-order valence-corrected chi connectivity index (χ4v) is 4.78. The van der Waals surface area contributed by atoms with Crippen LogP contribution in [0.25, 0.3) is 0 Å². The molecule has 0 saturated carbocycles. The summed E-state index contributed by atoms with van der Waals surface area (Å²) in [7, 11) is -3.65. The van der Waals surface area contributed by atoms with E-state index in [1.807, 2.05) is 0 Å². The number of nitrogens with zero attached hydrogens (tertiary/aromatic N) is 1. The topological polar surface area (TPSA) is 92.8 Å². The smallest absolute Gasteiger partial charge is 0.348 e. The van der Waals surface area contributed by atoms with E-state index in [1.165, 1.54) is 21.7 Å². The Kier molecular flexibility index (Phi) is 7.11. The molecule has 1 aromatic carbocycles. The minimum absolute atomic E-state index is 0.139. The third-order valence-corrected chi connectivity index (χ3v) is 6.89. The Morgan fingerprint density at radius 2 is 1.89 bits per heavy atom. The van der Waals surface area contributed by atoms with Gasteiger partial charge < -0.3 is 10.1 Å². The SMILES string of the molecule is CCN(CC)S(=O)(=O)c1cc(NC(=O)COC(=O)c2cccs2)ccc1C. The number of carbonyl (C=O) groups is 2. The van der Waals surface area contributed by atoms with Crippen molar-refractivity contribution in [1.29, 1.82) is 0 Å². The molecule has 0 fully saturated rings. The zero-order valence-corrected chi connectivity index (χ0v) is 17.0. The lowest BCUT2D eigenvalue weighted by Crippen LogP contribution is -2.31. The van der Waals surface area contributed by atoms with Gasteiger partial charge in [0.2, 0.25) is 10.0 Å². The Morgan fingerprint density at radius 3 is 2.48 bits per heavy atom. The van der Waals surface area contributed by atoms with Gasteiger partial charge in [0.1, 0.15) is 4.88 Å². The minimum Gasteiger partial charge on any atom is -0.451 e. The van der Waals surface area contributed by atoms with Crippen LogP contribution in [0.3, 0.4) is 0 Å². The van der Waals surface area contributed by atoms with Gasteiger partial charge in [0.05, 0.1) is 4.90 Å². The van der Waals surface area contributed by atoms with Crippen LogP contribution < -0.4 is 5.32 Å². The fraction of sp³-hybridized carbons (Fsp3) is 0.333. The van der Waals surface area contributed by atoms with Crippen molar-refractivity contribution in [2.24, 2.45) is 0 Å². The number of rotatable bonds is 8. The predicted molar refractivity (Wildman–Crippen MR) is 105 cm³/mol. The number of amides is 1. The summed E-state index contributed by atoms with van der Waals surface area (Å²) in [6, 6.07) is 7.97. The summed E-state index contributed by atoms with van der Waals surface area (Å²) < 4.78 is 31.8. The molecule has 0 aliphatic rings. The number of anilines is 1. The highest BCUT2D eigenvalue weighted by Crippen LogP contribution is 2.23. The van der Waals surface area contributed by atoms with E-state index in [0.29, 0.717) is 29.2 Å². The Bertz CT molecular complexity index is 904. The van der Waals surface area contributed by atoms with Crippen LogP contribution >= 0.6 is 11.3 Å². The van der Waals surface area contributed by atoms with Crippen LogP contribution in [0.4, 0.5) is 5.69 Å². The largest absolute Gasteiger partial charge is 0.451 e. The van der Waals surface area contributed by atoms with Crippen LogP contribution in [-0.4, -0.2) is 44.3 Å². The molecular formula is C18H22N2O5S2. The molecule has 0 spiro atoms. The molecule has 1 aromatic heterocycles. The zero-order chi connectivity index (χ0) is 20.0. The average molecular weight is 411 g/mol. The molecule has 0 aliphatic heterocycles. The first-order valence-electron chi connectivity index (χ1n) is 8.40. The number of hydrogen-bond acceptors (Lipinski definition) is 6. The molecule has 9 heteroatoms. The highest BCUT2D eigenvalue weighted by Gasteiger charge is 2.24. The summed E-state index contributed by atoms with van der Waals surface area (Å²) in [5.41, 5.74) is 0.910. The Balaban J connectivity index is 2.09. The van der Waals surface area contributed by atoms with Crippen molar-refractivity contribution < 1.29 is 22.7 Å². The molecule has 2 rings (SSSR count). The van der Waals surface area contributed by atoms with Crippen LogP contribution in [0.5, 0.6) is 0 Å². The monoisotopic (exact) mass is 410 g/mol. The minimum atomic E-state index is -3.65. The molecule has 0 unspecified atom stereocenters. The van der Waals surface area contributed by atoms with Crippen molar-refractivity contribution in [2.45, 2.75) is 25.7 Å². The standard InChI is InChI=1S/C18H22N2O5S2/c1-4-20(5-2)27(23,24)16-11-14(9-8-13(16)3)19-17(21)12-25-18(22)15-7-6-10-26-15/h6-11H,4-5,12H2,1-3H3,(H,19,21). The lowest BCUT2D eigenvalue weighted by molar-refractivity contribution is -0.119. The number of benzene rings is 1. The summed E-state index contributed by atoms with van der Waals surface area (Å²) in [6.07, 6.45) is 0. The number of sulfonamides is 1. The Labute approximate surface area is 163 Å². The second-order valence-electron chi connectivity index (χ2n) is 5.67. The Morgan fingerprint density at radius 1 is 1.19 bits per heavy atom. The number of nitrogens with one attached hydrogen (secondary N) is 1. The molecule has 0 radical (unpaired) electrons. The van der Waals surface area contributed by atoms with Crippen LogP contribution in [0.15, 0.2) is 40.6 Å². The lowest BCUT2D eigenvalue weighted by Gasteiger charge is -2.20. The van der Waals surface area contributed by atoms with Gasteiger partial charge in [0.15, 0.2) is 6.61 Å². The maximum absolute atomic E-state index is 12.7. The molecule has 0 saturated heterocycles. The number of hydrogen-bond donors (Lipinski definition) is 1. The van der Waals surface area contributed by atoms with Crippen LogP contribution in [0.1, 0.15) is 29.1 Å². The highest BCUT2D eigenvalue weighted by molar-refractivity contribution is 7.89. The number of thiophene rings is 1. The molecule has 1 N–H and O–H groups in total. The van der Waals surface area contributed by atoms with Crippen LogP contribution in [0.2, 0.25) is 0 Å². The molecule has 0 aliphatic carbocycles. The summed E-state index contributed by atoms with van der Waals surface area (Å²) in [5.74, 6) is -1.12. The quantitative estimate of drug-likeness (QED) is 0.676. The summed E-state index contributed by atoms with van der Waals surface area (Å²) in [5, 5.41) is 4.30.